The minimum Gasteiger partial charge on any atom is -0.381 e. The summed E-state index contributed by atoms with van der Waals surface area (Å²) < 4.78 is 5.54. The highest BCUT2D eigenvalue weighted by Crippen LogP contribution is 2.35. The zero-order valence-corrected chi connectivity index (χ0v) is 13.4. The number of hydrogen-bond acceptors (Lipinski definition) is 4. The van der Waals surface area contributed by atoms with Crippen molar-refractivity contribution in [1.82, 2.24) is 4.90 Å². The van der Waals surface area contributed by atoms with Crippen LogP contribution in [0.15, 0.2) is 0 Å². The molecule has 0 bridgehead atoms. The summed E-state index contributed by atoms with van der Waals surface area (Å²) in [6.45, 7) is 7.87. The molecule has 0 aliphatic carbocycles. The van der Waals surface area contributed by atoms with Gasteiger partial charge in [-0.25, -0.2) is 0 Å². The topological polar surface area (TPSA) is 55.6 Å². The predicted molar refractivity (Wildman–Crippen MR) is 81.9 cm³/mol. The van der Waals surface area contributed by atoms with Crippen molar-refractivity contribution in [1.29, 1.82) is 0 Å². The number of carbonyl (C=O) groups is 1. The summed E-state index contributed by atoms with van der Waals surface area (Å²) in [4.78, 5) is 14.8. The molecular formula is C13H25ClN2O2S. The van der Waals surface area contributed by atoms with Gasteiger partial charge in [0, 0.05) is 43.3 Å². The highest BCUT2D eigenvalue weighted by Gasteiger charge is 2.43. The van der Waals surface area contributed by atoms with Crippen LogP contribution in [0.2, 0.25) is 0 Å². The second kappa shape index (κ2) is 6.66. The van der Waals surface area contributed by atoms with E-state index >= 15 is 0 Å². The van der Waals surface area contributed by atoms with E-state index in [1.807, 2.05) is 16.7 Å². The van der Waals surface area contributed by atoms with Crippen LogP contribution in [0.3, 0.4) is 0 Å². The Morgan fingerprint density at radius 2 is 2.00 bits per heavy atom. The Bertz CT molecular complexity index is 320. The lowest BCUT2D eigenvalue weighted by molar-refractivity contribution is -0.147. The summed E-state index contributed by atoms with van der Waals surface area (Å²) in [6, 6.07) is 0. The number of ether oxygens (including phenoxy) is 1. The molecule has 0 spiro atoms. The number of halogens is 1. The third-order valence-electron chi connectivity index (χ3n) is 4.01. The summed E-state index contributed by atoms with van der Waals surface area (Å²) in [6.07, 6.45) is 1.54. The minimum absolute atomic E-state index is 0. The fourth-order valence-corrected chi connectivity index (χ4v) is 3.90. The van der Waals surface area contributed by atoms with Gasteiger partial charge in [0.05, 0.1) is 5.41 Å². The molecule has 2 fully saturated rings. The molecule has 2 aliphatic rings. The highest BCUT2D eigenvalue weighted by atomic mass is 35.5. The lowest BCUT2D eigenvalue weighted by Gasteiger charge is -2.44. The first-order chi connectivity index (χ1) is 8.49. The molecule has 0 aromatic heterocycles. The van der Waals surface area contributed by atoms with Crippen LogP contribution in [-0.4, -0.2) is 54.2 Å². The van der Waals surface area contributed by atoms with Gasteiger partial charge in [-0.2, -0.15) is 11.8 Å². The van der Waals surface area contributed by atoms with Gasteiger partial charge in [-0.1, -0.05) is 0 Å². The zero-order chi connectivity index (χ0) is 13.2. The standard InChI is InChI=1S/C13H24N2O2S.ClH/c1-12(2)10-15(5-8-18-12)11(16)13(9-14)3-6-17-7-4-13;/h3-10,14H2,1-2H3;1H. The molecule has 1 amide bonds. The monoisotopic (exact) mass is 308 g/mol. The second-order valence-corrected chi connectivity index (χ2v) is 7.73. The van der Waals surface area contributed by atoms with Gasteiger partial charge in [-0.3, -0.25) is 4.79 Å². The van der Waals surface area contributed by atoms with Crippen LogP contribution in [-0.2, 0) is 9.53 Å². The van der Waals surface area contributed by atoms with Crippen molar-refractivity contribution in [3.63, 3.8) is 0 Å². The zero-order valence-electron chi connectivity index (χ0n) is 11.8. The van der Waals surface area contributed by atoms with Crippen LogP contribution in [0.25, 0.3) is 0 Å². The summed E-state index contributed by atoms with van der Waals surface area (Å²) >= 11 is 1.94. The molecule has 112 valence electrons. The fraction of sp³-hybridized carbons (Fsp3) is 0.923. The molecule has 2 aliphatic heterocycles. The lowest BCUT2D eigenvalue weighted by Crippen LogP contribution is -2.55. The molecule has 0 unspecified atom stereocenters. The van der Waals surface area contributed by atoms with Gasteiger partial charge in [0.25, 0.3) is 0 Å². The van der Waals surface area contributed by atoms with Gasteiger partial charge in [-0.15, -0.1) is 12.4 Å². The fourth-order valence-electron chi connectivity index (χ4n) is 2.79. The highest BCUT2D eigenvalue weighted by molar-refractivity contribution is 8.00. The van der Waals surface area contributed by atoms with Crippen molar-refractivity contribution in [3.8, 4) is 0 Å². The van der Waals surface area contributed by atoms with Gasteiger partial charge in [-0.05, 0) is 26.7 Å². The molecule has 2 heterocycles. The molecule has 2 N–H and O–H groups in total. The van der Waals surface area contributed by atoms with Crippen LogP contribution in [0.5, 0.6) is 0 Å². The van der Waals surface area contributed by atoms with E-state index in [1.54, 1.807) is 0 Å². The van der Waals surface area contributed by atoms with E-state index in [2.05, 4.69) is 13.8 Å². The molecular weight excluding hydrogens is 284 g/mol. The number of rotatable bonds is 2. The maximum atomic E-state index is 12.8. The van der Waals surface area contributed by atoms with Gasteiger partial charge < -0.3 is 15.4 Å². The first kappa shape index (κ1) is 17.1. The number of nitrogens with zero attached hydrogens (tertiary/aromatic N) is 1. The summed E-state index contributed by atoms with van der Waals surface area (Å²) in [5.74, 6) is 1.28. The van der Waals surface area contributed by atoms with Crippen LogP contribution < -0.4 is 5.73 Å². The van der Waals surface area contributed by atoms with Crippen LogP contribution >= 0.6 is 24.2 Å². The van der Waals surface area contributed by atoms with Crippen molar-refractivity contribution >= 4 is 30.1 Å². The summed E-state index contributed by atoms with van der Waals surface area (Å²) in [5, 5.41) is 0. The number of nitrogens with two attached hydrogens (primary N) is 1. The molecule has 0 atom stereocenters. The average molecular weight is 309 g/mol. The third kappa shape index (κ3) is 3.78. The Kier molecular flexibility index (Phi) is 5.98. The van der Waals surface area contributed by atoms with E-state index < -0.39 is 0 Å². The summed E-state index contributed by atoms with van der Waals surface area (Å²) in [5.41, 5.74) is 5.54. The second-order valence-electron chi connectivity index (χ2n) is 5.93. The maximum Gasteiger partial charge on any atom is 0.230 e. The molecule has 0 radical (unpaired) electrons. The molecule has 2 saturated heterocycles. The molecule has 0 aromatic rings. The van der Waals surface area contributed by atoms with E-state index in [9.17, 15) is 4.79 Å². The maximum absolute atomic E-state index is 12.8. The molecule has 6 heteroatoms. The predicted octanol–water partition coefficient (Wildman–Crippen LogP) is 1.52. The number of hydrogen-bond donors (Lipinski definition) is 1. The largest absolute Gasteiger partial charge is 0.381 e. The van der Waals surface area contributed by atoms with E-state index in [0.29, 0.717) is 19.8 Å². The van der Waals surface area contributed by atoms with Crippen molar-refractivity contribution in [2.24, 2.45) is 11.1 Å². The lowest BCUT2D eigenvalue weighted by atomic mass is 9.78. The normalized spacial score (nSPS) is 25.5. The van der Waals surface area contributed by atoms with Crippen LogP contribution in [0.1, 0.15) is 26.7 Å². The Morgan fingerprint density at radius 1 is 1.37 bits per heavy atom. The Morgan fingerprint density at radius 3 is 2.53 bits per heavy atom. The number of carbonyl (C=O) groups excluding carboxylic acids is 1. The molecule has 19 heavy (non-hydrogen) atoms. The quantitative estimate of drug-likeness (QED) is 0.840. The first-order valence-corrected chi connectivity index (χ1v) is 7.69. The van der Waals surface area contributed by atoms with Gasteiger partial charge in [0.1, 0.15) is 0 Å². The molecule has 0 saturated carbocycles. The number of amides is 1. The van der Waals surface area contributed by atoms with Crippen molar-refractivity contribution in [2.75, 3.05) is 38.6 Å². The van der Waals surface area contributed by atoms with E-state index in [4.69, 9.17) is 10.5 Å². The number of thioether (sulfide) groups is 1. The van der Waals surface area contributed by atoms with Gasteiger partial charge >= 0.3 is 0 Å². The van der Waals surface area contributed by atoms with E-state index in [1.165, 1.54) is 0 Å². The van der Waals surface area contributed by atoms with Crippen LogP contribution in [0, 0.1) is 5.41 Å². The molecule has 2 rings (SSSR count). The van der Waals surface area contributed by atoms with Gasteiger partial charge in [0.15, 0.2) is 0 Å². The van der Waals surface area contributed by atoms with Crippen LogP contribution in [0.4, 0.5) is 0 Å². The Labute approximate surface area is 126 Å². The average Bonchev–Trinajstić information content (AvgIpc) is 2.37. The van der Waals surface area contributed by atoms with Crippen molar-refractivity contribution in [2.45, 2.75) is 31.4 Å². The SMILES string of the molecule is CC1(C)CN(C(=O)C2(CN)CCOCC2)CCS1.Cl. The minimum atomic E-state index is -0.365. The third-order valence-corrected chi connectivity index (χ3v) is 5.30. The molecule has 0 aromatic carbocycles. The van der Waals surface area contributed by atoms with Crippen molar-refractivity contribution in [3.05, 3.63) is 0 Å². The van der Waals surface area contributed by atoms with E-state index in [-0.39, 0.29) is 28.5 Å². The first-order valence-electron chi connectivity index (χ1n) is 6.70. The summed E-state index contributed by atoms with van der Waals surface area (Å²) in [7, 11) is 0. The molecule has 4 nitrogen and oxygen atoms in total. The Hall–Kier alpha value is 0.0300. The Balaban J connectivity index is 0.00000180. The van der Waals surface area contributed by atoms with Gasteiger partial charge in [0.2, 0.25) is 5.91 Å². The smallest absolute Gasteiger partial charge is 0.230 e. The van der Waals surface area contributed by atoms with Crippen molar-refractivity contribution < 1.29 is 9.53 Å². The van der Waals surface area contributed by atoms with E-state index in [0.717, 1.165) is 31.7 Å².